The number of rotatable bonds is 6. The first-order valence-electron chi connectivity index (χ1n) is 9.21. The van der Waals surface area contributed by atoms with Gasteiger partial charge in [0.15, 0.2) is 11.5 Å². The van der Waals surface area contributed by atoms with E-state index in [-0.39, 0.29) is 18.0 Å². The average Bonchev–Trinajstić information content (AvgIpc) is 3.30. The standard InChI is InChI=1S/C19H29N3O3/c1-4-6-14-12-15(21-20-14)19(23)22-10-5-7-16(22)13-8-9-17(24-2)18(11-13)25-3/h8-9,11,14-16,20-21H,4-7,10,12H2,1-3H3. The van der Waals surface area contributed by atoms with Crippen molar-refractivity contribution in [2.24, 2.45) is 0 Å². The number of ether oxygens (including phenoxy) is 2. The Morgan fingerprint density at radius 2 is 2.04 bits per heavy atom. The van der Waals surface area contributed by atoms with Gasteiger partial charge in [-0.1, -0.05) is 19.4 Å². The molecule has 2 N–H and O–H groups in total. The van der Waals surface area contributed by atoms with Crippen molar-refractivity contribution >= 4 is 5.91 Å². The Morgan fingerprint density at radius 1 is 1.24 bits per heavy atom. The molecule has 2 fully saturated rings. The first-order valence-corrected chi connectivity index (χ1v) is 9.21. The normalized spacial score (nSPS) is 26.0. The molecule has 1 aromatic carbocycles. The van der Waals surface area contributed by atoms with Gasteiger partial charge in [-0.25, -0.2) is 5.43 Å². The lowest BCUT2D eigenvalue weighted by atomic mass is 10.0. The van der Waals surface area contributed by atoms with Crippen LogP contribution in [-0.4, -0.2) is 43.7 Å². The predicted octanol–water partition coefficient (Wildman–Crippen LogP) is 2.40. The number of hydrazine groups is 1. The van der Waals surface area contributed by atoms with E-state index in [0.29, 0.717) is 17.5 Å². The van der Waals surface area contributed by atoms with Gasteiger partial charge in [-0.15, -0.1) is 0 Å². The smallest absolute Gasteiger partial charge is 0.241 e. The average molecular weight is 347 g/mol. The van der Waals surface area contributed by atoms with Crippen molar-refractivity contribution in [2.75, 3.05) is 20.8 Å². The molecular weight excluding hydrogens is 318 g/mol. The summed E-state index contributed by atoms with van der Waals surface area (Å²) in [6, 6.07) is 6.33. The third-order valence-corrected chi connectivity index (χ3v) is 5.25. The lowest BCUT2D eigenvalue weighted by Crippen LogP contribution is -2.45. The molecule has 0 bridgehead atoms. The van der Waals surface area contributed by atoms with E-state index in [9.17, 15) is 4.79 Å². The number of hydrogen-bond donors (Lipinski definition) is 2. The Labute approximate surface area is 149 Å². The first kappa shape index (κ1) is 18.0. The summed E-state index contributed by atoms with van der Waals surface area (Å²) in [7, 11) is 3.27. The quantitative estimate of drug-likeness (QED) is 0.827. The molecule has 0 aromatic heterocycles. The fourth-order valence-corrected chi connectivity index (χ4v) is 3.96. The van der Waals surface area contributed by atoms with Crippen LogP contribution in [0.1, 0.15) is 50.6 Å². The molecule has 25 heavy (non-hydrogen) atoms. The molecule has 0 aliphatic carbocycles. The summed E-state index contributed by atoms with van der Waals surface area (Å²) < 4.78 is 10.7. The van der Waals surface area contributed by atoms with E-state index in [1.54, 1.807) is 14.2 Å². The summed E-state index contributed by atoms with van der Waals surface area (Å²) in [5.41, 5.74) is 7.57. The fraction of sp³-hybridized carbons (Fsp3) is 0.632. The molecule has 0 radical (unpaired) electrons. The van der Waals surface area contributed by atoms with Crippen LogP contribution in [0.15, 0.2) is 18.2 Å². The summed E-state index contributed by atoms with van der Waals surface area (Å²) in [5.74, 6) is 1.62. The van der Waals surface area contributed by atoms with Crippen LogP contribution in [0.3, 0.4) is 0 Å². The molecular formula is C19H29N3O3. The predicted molar refractivity (Wildman–Crippen MR) is 96.6 cm³/mol. The fourth-order valence-electron chi connectivity index (χ4n) is 3.96. The zero-order valence-corrected chi connectivity index (χ0v) is 15.4. The maximum Gasteiger partial charge on any atom is 0.241 e. The summed E-state index contributed by atoms with van der Waals surface area (Å²) in [6.45, 7) is 2.98. The van der Waals surface area contributed by atoms with E-state index < -0.39 is 0 Å². The van der Waals surface area contributed by atoms with Crippen molar-refractivity contribution in [1.29, 1.82) is 0 Å². The second-order valence-electron chi connectivity index (χ2n) is 6.87. The van der Waals surface area contributed by atoms with Crippen LogP contribution in [0.2, 0.25) is 0 Å². The molecule has 3 atom stereocenters. The molecule has 3 unspecified atom stereocenters. The number of nitrogens with one attached hydrogen (secondary N) is 2. The van der Waals surface area contributed by atoms with Crippen molar-refractivity contribution in [1.82, 2.24) is 15.8 Å². The molecule has 6 heteroatoms. The molecule has 3 rings (SSSR count). The second kappa shape index (κ2) is 8.06. The minimum absolute atomic E-state index is 0.110. The number of amides is 1. The van der Waals surface area contributed by atoms with Gasteiger partial charge in [0, 0.05) is 12.6 Å². The number of benzene rings is 1. The molecule has 138 valence electrons. The van der Waals surface area contributed by atoms with Gasteiger partial charge < -0.3 is 14.4 Å². The zero-order chi connectivity index (χ0) is 17.8. The third kappa shape index (κ3) is 3.75. The summed E-state index contributed by atoms with van der Waals surface area (Å²) in [6.07, 6.45) is 5.10. The molecule has 0 spiro atoms. The highest BCUT2D eigenvalue weighted by Crippen LogP contribution is 2.37. The topological polar surface area (TPSA) is 62.8 Å². The van der Waals surface area contributed by atoms with Crippen LogP contribution in [-0.2, 0) is 4.79 Å². The Hall–Kier alpha value is -1.79. The van der Waals surface area contributed by atoms with Gasteiger partial charge in [0.25, 0.3) is 0 Å². The van der Waals surface area contributed by atoms with Crippen LogP contribution in [0, 0.1) is 0 Å². The molecule has 2 saturated heterocycles. The Bertz CT molecular complexity index is 608. The number of nitrogens with zero attached hydrogens (tertiary/aromatic N) is 1. The molecule has 6 nitrogen and oxygen atoms in total. The molecule has 1 amide bonds. The minimum atomic E-state index is -0.128. The lowest BCUT2D eigenvalue weighted by Gasteiger charge is -2.28. The van der Waals surface area contributed by atoms with Crippen LogP contribution >= 0.6 is 0 Å². The number of hydrogen-bond acceptors (Lipinski definition) is 5. The van der Waals surface area contributed by atoms with E-state index in [2.05, 4.69) is 17.8 Å². The molecule has 2 aliphatic rings. The highest BCUT2D eigenvalue weighted by atomic mass is 16.5. The van der Waals surface area contributed by atoms with Crippen LogP contribution in [0.25, 0.3) is 0 Å². The summed E-state index contributed by atoms with van der Waals surface area (Å²) >= 11 is 0. The number of likely N-dealkylation sites (tertiary alicyclic amines) is 1. The van der Waals surface area contributed by atoms with Crippen molar-refractivity contribution in [3.63, 3.8) is 0 Å². The summed E-state index contributed by atoms with van der Waals surface area (Å²) in [5, 5.41) is 0. The van der Waals surface area contributed by atoms with E-state index in [4.69, 9.17) is 9.47 Å². The zero-order valence-electron chi connectivity index (χ0n) is 15.4. The van der Waals surface area contributed by atoms with Crippen LogP contribution in [0.4, 0.5) is 0 Å². The first-order chi connectivity index (χ1) is 12.2. The van der Waals surface area contributed by atoms with E-state index in [1.165, 1.54) is 0 Å². The molecule has 1 aromatic rings. The van der Waals surface area contributed by atoms with E-state index >= 15 is 0 Å². The van der Waals surface area contributed by atoms with Crippen molar-refractivity contribution in [2.45, 2.75) is 57.2 Å². The van der Waals surface area contributed by atoms with Gasteiger partial charge in [-0.05, 0) is 43.4 Å². The molecule has 2 aliphatic heterocycles. The Morgan fingerprint density at radius 3 is 2.76 bits per heavy atom. The molecule has 0 saturated carbocycles. The van der Waals surface area contributed by atoms with Gasteiger partial charge in [0.1, 0.15) is 6.04 Å². The number of methoxy groups -OCH3 is 2. The minimum Gasteiger partial charge on any atom is -0.493 e. The van der Waals surface area contributed by atoms with Crippen molar-refractivity contribution < 1.29 is 14.3 Å². The molecule has 2 heterocycles. The number of carbonyl (C=O) groups is 1. The van der Waals surface area contributed by atoms with Crippen molar-refractivity contribution in [3.05, 3.63) is 23.8 Å². The van der Waals surface area contributed by atoms with Gasteiger partial charge in [-0.2, -0.15) is 0 Å². The van der Waals surface area contributed by atoms with E-state index in [1.807, 2.05) is 23.1 Å². The van der Waals surface area contributed by atoms with Crippen LogP contribution in [0.5, 0.6) is 11.5 Å². The van der Waals surface area contributed by atoms with Gasteiger partial charge >= 0.3 is 0 Å². The van der Waals surface area contributed by atoms with Gasteiger partial charge in [0.05, 0.1) is 20.3 Å². The largest absolute Gasteiger partial charge is 0.493 e. The van der Waals surface area contributed by atoms with Crippen LogP contribution < -0.4 is 20.3 Å². The highest BCUT2D eigenvalue weighted by molar-refractivity contribution is 5.83. The third-order valence-electron chi connectivity index (χ3n) is 5.25. The van der Waals surface area contributed by atoms with Gasteiger partial charge in [0.2, 0.25) is 5.91 Å². The SMILES string of the molecule is CCCC1CC(C(=O)N2CCCC2c2ccc(OC)c(OC)c2)NN1. The maximum absolute atomic E-state index is 13.0. The highest BCUT2D eigenvalue weighted by Gasteiger charge is 2.37. The van der Waals surface area contributed by atoms with Gasteiger partial charge in [-0.3, -0.25) is 10.2 Å². The Kier molecular flexibility index (Phi) is 5.81. The number of carbonyl (C=O) groups excluding carboxylic acids is 1. The summed E-state index contributed by atoms with van der Waals surface area (Å²) in [4.78, 5) is 15.0. The Balaban J connectivity index is 1.73. The van der Waals surface area contributed by atoms with Crippen molar-refractivity contribution in [3.8, 4) is 11.5 Å². The monoisotopic (exact) mass is 347 g/mol. The van der Waals surface area contributed by atoms with E-state index in [0.717, 1.165) is 44.2 Å². The maximum atomic E-state index is 13.0. The second-order valence-corrected chi connectivity index (χ2v) is 6.87. The lowest BCUT2D eigenvalue weighted by molar-refractivity contribution is -0.134.